The molecule has 0 bridgehead atoms. The van der Waals surface area contributed by atoms with E-state index in [0.29, 0.717) is 44.6 Å². The molecule has 0 fully saturated rings. The normalized spacial score (nSPS) is 11.6. The minimum Gasteiger partial charge on any atom is -0.502 e. The second kappa shape index (κ2) is 11.8. The van der Waals surface area contributed by atoms with Crippen LogP contribution in [0.3, 0.4) is 0 Å². The van der Waals surface area contributed by atoms with Gasteiger partial charge in [-0.15, -0.1) is 0 Å². The Hall–Kier alpha value is -3.41. The predicted octanol–water partition coefficient (Wildman–Crippen LogP) is 3.04. The van der Waals surface area contributed by atoms with Gasteiger partial charge in [0.25, 0.3) is 0 Å². The molecule has 0 saturated heterocycles. The first-order valence-electron chi connectivity index (χ1n) is 11.2. The molecule has 0 amide bonds. The molecule has 0 aliphatic heterocycles. The molecule has 0 spiro atoms. The van der Waals surface area contributed by atoms with E-state index in [1.807, 2.05) is 24.3 Å². The minimum absolute atomic E-state index is 0.253. The predicted molar refractivity (Wildman–Crippen MR) is 133 cm³/mol. The van der Waals surface area contributed by atoms with E-state index in [2.05, 4.69) is 9.97 Å². The molecule has 0 unspecified atom stereocenters. The monoisotopic (exact) mass is 499 g/mol. The summed E-state index contributed by atoms with van der Waals surface area (Å²) in [6.45, 7) is 1.03. The molecule has 3 rings (SSSR count). The highest BCUT2D eigenvalue weighted by atomic mass is 32.2. The molecule has 186 valence electrons. The van der Waals surface area contributed by atoms with Crippen LogP contribution >= 0.6 is 0 Å². The fraction of sp³-hybridized carbons (Fsp3) is 0.333. The Kier molecular flexibility index (Phi) is 8.85. The van der Waals surface area contributed by atoms with Gasteiger partial charge in [-0.1, -0.05) is 24.3 Å². The van der Waals surface area contributed by atoms with Crippen molar-refractivity contribution in [2.45, 2.75) is 32.2 Å². The lowest BCUT2D eigenvalue weighted by atomic mass is 10.1. The van der Waals surface area contributed by atoms with Crippen molar-refractivity contribution in [3.63, 3.8) is 0 Å². The maximum absolute atomic E-state index is 12.1. The first-order valence-corrected chi connectivity index (χ1v) is 13.0. The quantitative estimate of drug-likeness (QED) is 0.285. The highest BCUT2D eigenvalue weighted by Gasteiger charge is 2.17. The van der Waals surface area contributed by atoms with Crippen molar-refractivity contribution in [2.75, 3.05) is 19.3 Å². The summed E-state index contributed by atoms with van der Waals surface area (Å²) in [5, 5.41) is 20.6. The topological polar surface area (TPSA) is 153 Å². The summed E-state index contributed by atoms with van der Waals surface area (Å²) < 4.78 is 25.7. The Morgan fingerprint density at radius 1 is 1.09 bits per heavy atom. The van der Waals surface area contributed by atoms with Gasteiger partial charge in [0.2, 0.25) is 10.0 Å². The zero-order valence-electron chi connectivity index (χ0n) is 19.5. The summed E-state index contributed by atoms with van der Waals surface area (Å²) in [5.41, 5.74) is 8.42. The van der Waals surface area contributed by atoms with E-state index in [4.69, 9.17) is 5.73 Å². The van der Waals surface area contributed by atoms with Crippen LogP contribution in [0.4, 0.5) is 5.69 Å². The smallest absolute Gasteiger partial charge is 0.310 e. The first-order chi connectivity index (χ1) is 16.7. The molecular weight excluding hydrogens is 470 g/mol. The average Bonchev–Trinajstić information content (AvgIpc) is 2.82. The number of nitrogens with zero attached hydrogens (tertiary/aromatic N) is 4. The van der Waals surface area contributed by atoms with Gasteiger partial charge in [0.15, 0.2) is 5.75 Å². The second-order valence-electron chi connectivity index (χ2n) is 8.23. The van der Waals surface area contributed by atoms with Crippen LogP contribution in [0.2, 0.25) is 0 Å². The molecule has 3 aromatic rings. The maximum atomic E-state index is 12.1. The molecule has 0 radical (unpaired) electrons. The van der Waals surface area contributed by atoms with E-state index < -0.39 is 14.9 Å². The molecule has 1 aromatic heterocycles. The summed E-state index contributed by atoms with van der Waals surface area (Å²) in [4.78, 5) is 19.4. The number of hydrogen-bond donors (Lipinski definition) is 2. The molecule has 1 heterocycles. The largest absolute Gasteiger partial charge is 0.502 e. The number of phenolic OH excluding ortho intramolecular Hbond substituents is 1. The van der Waals surface area contributed by atoms with E-state index in [1.165, 1.54) is 22.7 Å². The Bertz CT molecular complexity index is 1280. The molecule has 0 aliphatic carbocycles. The van der Waals surface area contributed by atoms with Crippen LogP contribution in [0.5, 0.6) is 5.75 Å². The van der Waals surface area contributed by atoms with Crippen LogP contribution in [-0.4, -0.2) is 52.1 Å². The van der Waals surface area contributed by atoms with Crippen LogP contribution in [0, 0.1) is 10.1 Å². The van der Waals surface area contributed by atoms with Gasteiger partial charge in [-0.05, 0) is 55.1 Å². The summed E-state index contributed by atoms with van der Waals surface area (Å²) in [6, 6.07) is 13.8. The summed E-state index contributed by atoms with van der Waals surface area (Å²) in [6.07, 6.45) is 5.28. The number of aromatic nitrogens is 2. The van der Waals surface area contributed by atoms with Crippen molar-refractivity contribution >= 4 is 15.7 Å². The number of hydrogen-bond acceptors (Lipinski definition) is 8. The van der Waals surface area contributed by atoms with Gasteiger partial charge in [0.1, 0.15) is 5.82 Å². The van der Waals surface area contributed by atoms with Crippen LogP contribution in [0.1, 0.15) is 29.8 Å². The minimum atomic E-state index is -3.36. The molecule has 0 atom stereocenters. The fourth-order valence-corrected chi connectivity index (χ4v) is 4.51. The number of benzene rings is 2. The van der Waals surface area contributed by atoms with E-state index in [0.717, 1.165) is 22.4 Å². The Labute approximate surface area is 204 Å². The van der Waals surface area contributed by atoms with E-state index in [9.17, 15) is 23.6 Å². The van der Waals surface area contributed by atoms with Gasteiger partial charge in [-0.25, -0.2) is 18.4 Å². The van der Waals surface area contributed by atoms with Gasteiger partial charge in [0, 0.05) is 37.3 Å². The van der Waals surface area contributed by atoms with Gasteiger partial charge in [-0.3, -0.25) is 10.1 Å². The number of nitrogens with two attached hydrogens (primary N) is 1. The van der Waals surface area contributed by atoms with Crippen LogP contribution in [0.15, 0.2) is 54.7 Å². The third kappa shape index (κ3) is 7.54. The zero-order valence-corrected chi connectivity index (χ0v) is 20.3. The van der Waals surface area contributed by atoms with Crippen LogP contribution in [0.25, 0.3) is 11.3 Å². The fourth-order valence-electron chi connectivity index (χ4n) is 3.66. The van der Waals surface area contributed by atoms with Crippen molar-refractivity contribution in [3.05, 3.63) is 81.8 Å². The lowest BCUT2D eigenvalue weighted by molar-refractivity contribution is -0.385. The van der Waals surface area contributed by atoms with E-state index in [1.54, 1.807) is 18.3 Å². The van der Waals surface area contributed by atoms with Crippen molar-refractivity contribution in [2.24, 2.45) is 5.73 Å². The van der Waals surface area contributed by atoms with Crippen LogP contribution < -0.4 is 5.73 Å². The number of nitro groups is 1. The van der Waals surface area contributed by atoms with Crippen LogP contribution in [-0.2, 0) is 29.4 Å². The molecule has 11 heteroatoms. The van der Waals surface area contributed by atoms with E-state index in [-0.39, 0.29) is 18.0 Å². The summed E-state index contributed by atoms with van der Waals surface area (Å²) >= 11 is 0. The molecule has 3 N–H and O–H groups in total. The SMILES string of the molecule is CS(=O)(=O)N(CCCN)Cc1cccc(-c2ccnc(CCCc3ccc(O)c([N+](=O)[O-])c3)n2)c1. The number of sulfonamides is 1. The lowest BCUT2D eigenvalue weighted by Crippen LogP contribution is -2.31. The molecule has 10 nitrogen and oxygen atoms in total. The second-order valence-corrected chi connectivity index (χ2v) is 10.2. The van der Waals surface area contributed by atoms with Crippen molar-refractivity contribution in [1.82, 2.24) is 14.3 Å². The molecule has 0 saturated carbocycles. The van der Waals surface area contributed by atoms with E-state index >= 15 is 0 Å². The number of rotatable bonds is 12. The Balaban J connectivity index is 1.69. The Morgan fingerprint density at radius 2 is 1.89 bits per heavy atom. The molecule has 35 heavy (non-hydrogen) atoms. The third-order valence-corrected chi connectivity index (χ3v) is 6.72. The maximum Gasteiger partial charge on any atom is 0.310 e. The number of aryl methyl sites for hydroxylation is 2. The highest BCUT2D eigenvalue weighted by molar-refractivity contribution is 7.88. The Morgan fingerprint density at radius 3 is 2.60 bits per heavy atom. The molecule has 2 aromatic carbocycles. The highest BCUT2D eigenvalue weighted by Crippen LogP contribution is 2.27. The van der Waals surface area contributed by atoms with Crippen molar-refractivity contribution in [3.8, 4) is 17.0 Å². The zero-order chi connectivity index (χ0) is 25.4. The first kappa shape index (κ1) is 26.2. The number of aromatic hydroxyl groups is 1. The number of phenols is 1. The summed E-state index contributed by atoms with van der Waals surface area (Å²) in [7, 11) is -3.36. The summed E-state index contributed by atoms with van der Waals surface area (Å²) in [5.74, 6) is 0.290. The molecular formula is C24H29N5O5S. The van der Waals surface area contributed by atoms with Gasteiger partial charge in [-0.2, -0.15) is 4.31 Å². The van der Waals surface area contributed by atoms with Crippen molar-refractivity contribution in [1.29, 1.82) is 0 Å². The van der Waals surface area contributed by atoms with Gasteiger partial charge in [0.05, 0.1) is 16.9 Å². The molecule has 0 aliphatic rings. The van der Waals surface area contributed by atoms with Gasteiger partial charge >= 0.3 is 5.69 Å². The third-order valence-electron chi connectivity index (χ3n) is 5.47. The average molecular weight is 500 g/mol. The van der Waals surface area contributed by atoms with Crippen molar-refractivity contribution < 1.29 is 18.4 Å². The number of nitro benzene ring substituents is 1. The van der Waals surface area contributed by atoms with Gasteiger partial charge < -0.3 is 10.8 Å². The standard InChI is InChI=1S/C24H29N5O5S/c1-35(33,34)28(14-4-12-25)17-19-6-2-7-20(15-19)21-11-13-26-24(27-21)8-3-5-18-9-10-23(30)22(16-18)29(31)32/h2,6-7,9-11,13,15-16,30H,3-5,8,12,14,17,25H2,1H3. The lowest BCUT2D eigenvalue weighted by Gasteiger charge is -2.20.